The molecule has 13 heavy (non-hydrogen) atoms. The maximum atomic E-state index is 12.6. The van der Waals surface area contributed by atoms with Gasteiger partial charge in [0.2, 0.25) is 0 Å². The molecule has 1 aromatic rings. The second-order valence-corrected chi connectivity index (χ2v) is 2.40. The molecule has 0 spiro atoms. The molecule has 3 heteroatoms. The van der Waals surface area contributed by atoms with E-state index >= 15 is 0 Å². The SMILES string of the molecule is OCCC#Cc1ccc(F)c(F)c1. The smallest absolute Gasteiger partial charge is 0.160 e. The van der Waals surface area contributed by atoms with Crippen molar-refractivity contribution in [3.05, 3.63) is 35.4 Å². The van der Waals surface area contributed by atoms with Crippen molar-refractivity contribution < 1.29 is 13.9 Å². The van der Waals surface area contributed by atoms with E-state index in [1.807, 2.05) is 0 Å². The minimum Gasteiger partial charge on any atom is -0.395 e. The van der Waals surface area contributed by atoms with E-state index in [-0.39, 0.29) is 6.61 Å². The van der Waals surface area contributed by atoms with E-state index in [9.17, 15) is 8.78 Å². The molecule has 1 N–H and O–H groups in total. The van der Waals surface area contributed by atoms with Gasteiger partial charge in [0.15, 0.2) is 11.6 Å². The highest BCUT2D eigenvalue weighted by atomic mass is 19.2. The van der Waals surface area contributed by atoms with E-state index in [1.165, 1.54) is 6.07 Å². The lowest BCUT2D eigenvalue weighted by molar-refractivity contribution is 0.305. The van der Waals surface area contributed by atoms with E-state index in [2.05, 4.69) is 11.8 Å². The molecule has 0 aromatic heterocycles. The van der Waals surface area contributed by atoms with Gasteiger partial charge >= 0.3 is 0 Å². The Balaban J connectivity index is 2.81. The summed E-state index contributed by atoms with van der Waals surface area (Å²) in [4.78, 5) is 0. The lowest BCUT2D eigenvalue weighted by Gasteiger charge is -1.92. The average Bonchev–Trinajstić information content (AvgIpc) is 2.12. The molecule has 1 rings (SSSR count). The van der Waals surface area contributed by atoms with Crippen molar-refractivity contribution in [3.8, 4) is 11.8 Å². The van der Waals surface area contributed by atoms with Crippen molar-refractivity contribution >= 4 is 0 Å². The Bertz CT molecular complexity index is 350. The lowest BCUT2D eigenvalue weighted by atomic mass is 10.2. The van der Waals surface area contributed by atoms with Gasteiger partial charge in [-0.05, 0) is 18.2 Å². The maximum Gasteiger partial charge on any atom is 0.160 e. The molecule has 0 aliphatic rings. The van der Waals surface area contributed by atoms with E-state index in [0.717, 1.165) is 12.1 Å². The number of rotatable bonds is 1. The number of benzene rings is 1. The van der Waals surface area contributed by atoms with Crippen LogP contribution in [-0.2, 0) is 0 Å². The topological polar surface area (TPSA) is 20.2 Å². The van der Waals surface area contributed by atoms with Crippen LogP contribution in [0, 0.1) is 23.5 Å². The first-order chi connectivity index (χ1) is 6.24. The number of aliphatic hydroxyl groups excluding tert-OH is 1. The van der Waals surface area contributed by atoms with Gasteiger partial charge in [-0.2, -0.15) is 0 Å². The molecule has 0 saturated heterocycles. The summed E-state index contributed by atoms with van der Waals surface area (Å²) in [6, 6.07) is 3.45. The van der Waals surface area contributed by atoms with Crippen LogP contribution in [0.4, 0.5) is 8.78 Å². The monoisotopic (exact) mass is 182 g/mol. The Labute approximate surface area is 75.0 Å². The van der Waals surface area contributed by atoms with E-state index < -0.39 is 11.6 Å². The number of hydrogen-bond acceptors (Lipinski definition) is 1. The zero-order chi connectivity index (χ0) is 9.68. The van der Waals surface area contributed by atoms with Crippen LogP contribution in [0.5, 0.6) is 0 Å². The quantitative estimate of drug-likeness (QED) is 0.655. The maximum absolute atomic E-state index is 12.6. The molecule has 1 aromatic carbocycles. The summed E-state index contributed by atoms with van der Waals surface area (Å²) in [6.07, 6.45) is 0.332. The van der Waals surface area contributed by atoms with Crippen molar-refractivity contribution in [2.75, 3.05) is 6.61 Å². The fraction of sp³-hybridized carbons (Fsp3) is 0.200. The Hall–Kier alpha value is -1.40. The lowest BCUT2D eigenvalue weighted by Crippen LogP contribution is -1.84. The molecular formula is C10H8F2O. The first kappa shape index (κ1) is 9.69. The van der Waals surface area contributed by atoms with Crippen LogP contribution in [-0.4, -0.2) is 11.7 Å². The molecule has 0 heterocycles. The summed E-state index contributed by atoms with van der Waals surface area (Å²) in [5, 5.41) is 8.41. The third kappa shape index (κ3) is 2.85. The van der Waals surface area contributed by atoms with Crippen LogP contribution in [0.2, 0.25) is 0 Å². The van der Waals surface area contributed by atoms with Gasteiger partial charge in [0.1, 0.15) is 0 Å². The van der Waals surface area contributed by atoms with Gasteiger partial charge in [0, 0.05) is 12.0 Å². The first-order valence-electron chi connectivity index (χ1n) is 3.79. The van der Waals surface area contributed by atoms with Crippen molar-refractivity contribution in [3.63, 3.8) is 0 Å². The van der Waals surface area contributed by atoms with E-state index in [0.29, 0.717) is 12.0 Å². The molecule has 0 amide bonds. The van der Waals surface area contributed by atoms with Gasteiger partial charge in [-0.15, -0.1) is 0 Å². The molecular weight excluding hydrogens is 174 g/mol. The summed E-state index contributed by atoms with van der Waals surface area (Å²) in [5.41, 5.74) is 0.410. The molecule has 0 aliphatic carbocycles. The van der Waals surface area contributed by atoms with Crippen LogP contribution in [0.15, 0.2) is 18.2 Å². The fourth-order valence-electron chi connectivity index (χ4n) is 0.794. The third-order valence-electron chi connectivity index (χ3n) is 1.39. The predicted octanol–water partition coefficient (Wildman–Crippen LogP) is 1.70. The fourth-order valence-corrected chi connectivity index (χ4v) is 0.794. The van der Waals surface area contributed by atoms with Gasteiger partial charge in [-0.25, -0.2) is 8.78 Å². The Kier molecular flexibility index (Phi) is 3.41. The van der Waals surface area contributed by atoms with Crippen molar-refractivity contribution in [1.29, 1.82) is 0 Å². The summed E-state index contributed by atoms with van der Waals surface area (Å²) in [6.45, 7) is -0.0311. The Morgan fingerprint density at radius 2 is 2.00 bits per heavy atom. The Morgan fingerprint density at radius 3 is 2.62 bits per heavy atom. The summed E-state index contributed by atoms with van der Waals surface area (Å²) < 4.78 is 25.0. The van der Waals surface area contributed by atoms with Gasteiger partial charge < -0.3 is 5.11 Å². The van der Waals surface area contributed by atoms with Crippen LogP contribution in [0.3, 0.4) is 0 Å². The molecule has 0 saturated carbocycles. The van der Waals surface area contributed by atoms with Crippen LogP contribution < -0.4 is 0 Å². The van der Waals surface area contributed by atoms with Gasteiger partial charge in [0.05, 0.1) is 6.61 Å². The van der Waals surface area contributed by atoms with E-state index in [1.54, 1.807) is 0 Å². The number of hydrogen-bond donors (Lipinski definition) is 1. The average molecular weight is 182 g/mol. The molecule has 0 atom stereocenters. The summed E-state index contributed by atoms with van der Waals surface area (Å²) >= 11 is 0. The minimum absolute atomic E-state index is 0.0311. The number of halogens is 2. The van der Waals surface area contributed by atoms with Crippen molar-refractivity contribution in [1.82, 2.24) is 0 Å². The second-order valence-electron chi connectivity index (χ2n) is 2.40. The van der Waals surface area contributed by atoms with E-state index in [4.69, 9.17) is 5.11 Å². The normalized spacial score (nSPS) is 9.15. The molecule has 0 bridgehead atoms. The van der Waals surface area contributed by atoms with Crippen LogP contribution in [0.1, 0.15) is 12.0 Å². The molecule has 0 fully saturated rings. The van der Waals surface area contributed by atoms with Gasteiger partial charge in [0.25, 0.3) is 0 Å². The molecule has 0 aliphatic heterocycles. The highest BCUT2D eigenvalue weighted by molar-refractivity contribution is 5.34. The molecule has 1 nitrogen and oxygen atoms in total. The highest BCUT2D eigenvalue weighted by Gasteiger charge is 1.99. The summed E-state index contributed by atoms with van der Waals surface area (Å²) in [5.74, 6) is 3.42. The van der Waals surface area contributed by atoms with Crippen LogP contribution in [0.25, 0.3) is 0 Å². The molecule has 0 radical (unpaired) electrons. The number of aliphatic hydroxyl groups is 1. The van der Waals surface area contributed by atoms with Crippen molar-refractivity contribution in [2.45, 2.75) is 6.42 Å². The third-order valence-corrected chi connectivity index (χ3v) is 1.39. The molecule has 0 unspecified atom stereocenters. The van der Waals surface area contributed by atoms with Crippen molar-refractivity contribution in [2.24, 2.45) is 0 Å². The largest absolute Gasteiger partial charge is 0.395 e. The minimum atomic E-state index is -0.907. The van der Waals surface area contributed by atoms with Gasteiger partial charge in [-0.3, -0.25) is 0 Å². The van der Waals surface area contributed by atoms with Gasteiger partial charge in [-0.1, -0.05) is 11.8 Å². The Morgan fingerprint density at radius 1 is 1.23 bits per heavy atom. The second kappa shape index (κ2) is 4.58. The zero-order valence-corrected chi connectivity index (χ0v) is 6.85. The first-order valence-corrected chi connectivity index (χ1v) is 3.79. The van der Waals surface area contributed by atoms with Crippen LogP contribution >= 0.6 is 0 Å². The zero-order valence-electron chi connectivity index (χ0n) is 6.85. The molecule has 68 valence electrons. The predicted molar refractivity (Wildman–Crippen MR) is 44.9 cm³/mol. The highest BCUT2D eigenvalue weighted by Crippen LogP contribution is 2.07. The summed E-state index contributed by atoms with van der Waals surface area (Å²) in [7, 11) is 0. The standard InChI is InChI=1S/C10H8F2O/c11-9-5-4-8(7-10(9)12)3-1-2-6-13/h4-5,7,13H,2,6H2.